The molecule has 9 nitrogen and oxygen atoms in total. The number of fused-ring (bicyclic) bond motifs is 2. The standard InChI is InChI=1S/C30H35FN6O3/c1-3-27(39)35-10-12-36(13-11-35)28-24-8-9-37(26-17-22(38)16-21-6-4-5-7-23(21)26)18-25(24)32-29(33-28)40-15-14-34-19-30(2,31)20-34/h3-7,16-17,38H,1,8-15,18-20H2,2H3. The van der Waals surface area contributed by atoms with E-state index in [4.69, 9.17) is 14.7 Å². The second-order valence-corrected chi connectivity index (χ2v) is 11.1. The van der Waals surface area contributed by atoms with Crippen molar-refractivity contribution in [1.82, 2.24) is 19.8 Å². The molecule has 1 aromatic heterocycles. The lowest BCUT2D eigenvalue weighted by molar-refractivity contribution is -0.126. The van der Waals surface area contributed by atoms with E-state index in [2.05, 4.69) is 22.4 Å². The first-order valence-electron chi connectivity index (χ1n) is 13.9. The van der Waals surface area contributed by atoms with Gasteiger partial charge < -0.3 is 24.5 Å². The Morgan fingerprint density at radius 2 is 1.90 bits per heavy atom. The number of hydrogen-bond donors (Lipinski definition) is 1. The number of aromatic hydroxyl groups is 1. The number of likely N-dealkylation sites (tertiary alicyclic amines) is 1. The van der Waals surface area contributed by atoms with Crippen LogP contribution >= 0.6 is 0 Å². The van der Waals surface area contributed by atoms with Gasteiger partial charge in [-0.2, -0.15) is 9.97 Å². The highest BCUT2D eigenvalue weighted by atomic mass is 19.1. The Morgan fingerprint density at radius 1 is 1.12 bits per heavy atom. The lowest BCUT2D eigenvalue weighted by Crippen LogP contribution is -2.57. The van der Waals surface area contributed by atoms with Crippen molar-refractivity contribution in [2.45, 2.75) is 25.6 Å². The molecular weight excluding hydrogens is 511 g/mol. The number of benzene rings is 2. The van der Waals surface area contributed by atoms with Gasteiger partial charge in [-0.25, -0.2) is 4.39 Å². The second kappa shape index (κ2) is 10.6. The Hall–Kier alpha value is -3.92. The molecule has 0 spiro atoms. The summed E-state index contributed by atoms with van der Waals surface area (Å²) in [5, 5.41) is 12.5. The lowest BCUT2D eigenvalue weighted by Gasteiger charge is -2.42. The van der Waals surface area contributed by atoms with E-state index in [1.807, 2.05) is 29.2 Å². The number of ether oxygens (including phenoxy) is 1. The highest BCUT2D eigenvalue weighted by Gasteiger charge is 2.38. The molecule has 10 heteroatoms. The molecule has 2 aromatic carbocycles. The summed E-state index contributed by atoms with van der Waals surface area (Å²) in [6.45, 7) is 10.8. The van der Waals surface area contributed by atoms with E-state index in [1.54, 1.807) is 17.9 Å². The maximum Gasteiger partial charge on any atom is 0.318 e. The Labute approximate surface area is 233 Å². The fraction of sp³-hybridized carbons (Fsp3) is 0.433. The Bertz CT molecular complexity index is 1430. The van der Waals surface area contributed by atoms with Crippen molar-refractivity contribution < 1.29 is 19.0 Å². The SMILES string of the molecule is C=CC(=O)N1CCN(c2nc(OCCN3CC(C)(F)C3)nc3c2CCN(c2cc(O)cc4ccccc24)C3)CC1. The van der Waals surface area contributed by atoms with Crippen LogP contribution < -0.4 is 14.5 Å². The quantitative estimate of drug-likeness (QED) is 0.453. The number of rotatable bonds is 7. The summed E-state index contributed by atoms with van der Waals surface area (Å²) >= 11 is 0. The number of halogens is 1. The van der Waals surface area contributed by atoms with Gasteiger partial charge in [0.1, 0.15) is 23.8 Å². The number of carbonyl (C=O) groups excluding carboxylic acids is 1. The van der Waals surface area contributed by atoms with Crippen LogP contribution in [-0.4, -0.2) is 95.4 Å². The predicted octanol–water partition coefficient (Wildman–Crippen LogP) is 3.16. The molecule has 0 radical (unpaired) electrons. The minimum atomic E-state index is -1.12. The molecule has 1 N–H and O–H groups in total. The summed E-state index contributed by atoms with van der Waals surface area (Å²) in [5.41, 5.74) is 1.83. The summed E-state index contributed by atoms with van der Waals surface area (Å²) in [6.07, 6.45) is 2.10. The molecule has 0 saturated carbocycles. The van der Waals surface area contributed by atoms with Crippen LogP contribution in [0.1, 0.15) is 18.2 Å². The summed E-state index contributed by atoms with van der Waals surface area (Å²) in [4.78, 5) is 30.1. The molecule has 40 heavy (non-hydrogen) atoms. The highest BCUT2D eigenvalue weighted by molar-refractivity contribution is 5.95. The van der Waals surface area contributed by atoms with E-state index in [-0.39, 0.29) is 11.7 Å². The van der Waals surface area contributed by atoms with Crippen molar-refractivity contribution in [2.75, 3.05) is 68.8 Å². The van der Waals surface area contributed by atoms with Crippen molar-refractivity contribution in [3.05, 3.63) is 60.3 Å². The van der Waals surface area contributed by atoms with Gasteiger partial charge in [-0.3, -0.25) is 9.69 Å². The average Bonchev–Trinajstić information content (AvgIpc) is 2.94. The van der Waals surface area contributed by atoms with Crippen LogP contribution in [0.15, 0.2) is 49.1 Å². The largest absolute Gasteiger partial charge is 0.508 e. The Kier molecular flexibility index (Phi) is 6.95. The second-order valence-electron chi connectivity index (χ2n) is 11.1. The average molecular weight is 547 g/mol. The molecule has 3 aliphatic rings. The Balaban J connectivity index is 1.27. The zero-order chi connectivity index (χ0) is 27.9. The van der Waals surface area contributed by atoms with Gasteiger partial charge in [0, 0.05) is 75.1 Å². The van der Waals surface area contributed by atoms with Crippen LogP contribution in [0.3, 0.4) is 0 Å². The summed E-state index contributed by atoms with van der Waals surface area (Å²) < 4.78 is 19.9. The first-order valence-corrected chi connectivity index (χ1v) is 13.9. The monoisotopic (exact) mass is 546 g/mol. The maximum atomic E-state index is 13.9. The van der Waals surface area contributed by atoms with E-state index in [9.17, 15) is 14.3 Å². The van der Waals surface area contributed by atoms with Crippen LogP contribution in [0.2, 0.25) is 0 Å². The first-order chi connectivity index (χ1) is 19.3. The van der Waals surface area contributed by atoms with Crippen LogP contribution in [0.5, 0.6) is 11.8 Å². The van der Waals surface area contributed by atoms with Crippen molar-refractivity contribution in [1.29, 1.82) is 0 Å². The number of amides is 1. The minimum Gasteiger partial charge on any atom is -0.508 e. The van der Waals surface area contributed by atoms with Gasteiger partial charge in [0.05, 0.1) is 12.2 Å². The van der Waals surface area contributed by atoms with E-state index in [0.29, 0.717) is 65.0 Å². The van der Waals surface area contributed by atoms with E-state index >= 15 is 0 Å². The smallest absolute Gasteiger partial charge is 0.318 e. The fourth-order valence-electron chi connectivity index (χ4n) is 6.03. The van der Waals surface area contributed by atoms with Gasteiger partial charge in [0.2, 0.25) is 5.91 Å². The molecule has 4 heterocycles. The number of nitrogens with zero attached hydrogens (tertiary/aromatic N) is 6. The van der Waals surface area contributed by atoms with Crippen LogP contribution in [0, 0.1) is 0 Å². The number of carbonyl (C=O) groups is 1. The van der Waals surface area contributed by atoms with E-state index < -0.39 is 5.67 Å². The molecule has 3 aliphatic heterocycles. The van der Waals surface area contributed by atoms with Crippen LogP contribution in [-0.2, 0) is 17.8 Å². The van der Waals surface area contributed by atoms with E-state index in [0.717, 1.165) is 46.5 Å². The van der Waals surface area contributed by atoms with Gasteiger partial charge in [-0.05, 0) is 30.9 Å². The number of hydrogen-bond acceptors (Lipinski definition) is 8. The Morgan fingerprint density at radius 3 is 2.65 bits per heavy atom. The van der Waals surface area contributed by atoms with Crippen molar-refractivity contribution in [2.24, 2.45) is 0 Å². The third-order valence-electron chi connectivity index (χ3n) is 8.00. The first kappa shape index (κ1) is 26.3. The van der Waals surface area contributed by atoms with Crippen LogP contribution in [0.4, 0.5) is 15.9 Å². The van der Waals surface area contributed by atoms with Crippen LogP contribution in [0.25, 0.3) is 10.8 Å². The third-order valence-corrected chi connectivity index (χ3v) is 8.00. The highest BCUT2D eigenvalue weighted by Crippen LogP contribution is 2.36. The maximum absolute atomic E-state index is 13.9. The number of aromatic nitrogens is 2. The molecule has 0 atom stereocenters. The normalized spacial score (nSPS) is 18.8. The molecular formula is C30H35FN6O3. The van der Waals surface area contributed by atoms with Crippen molar-refractivity contribution in [3.8, 4) is 11.8 Å². The number of anilines is 2. The zero-order valence-electron chi connectivity index (χ0n) is 22.9. The summed E-state index contributed by atoms with van der Waals surface area (Å²) in [6, 6.07) is 12.0. The number of phenols is 1. The molecule has 2 fully saturated rings. The number of phenolic OH excluding ortho intramolecular Hbond substituents is 1. The van der Waals surface area contributed by atoms with Gasteiger partial charge in [0.15, 0.2) is 0 Å². The van der Waals surface area contributed by atoms with E-state index in [1.165, 1.54) is 6.08 Å². The molecule has 210 valence electrons. The molecule has 1 amide bonds. The summed E-state index contributed by atoms with van der Waals surface area (Å²) in [7, 11) is 0. The van der Waals surface area contributed by atoms with Gasteiger partial charge in [-0.1, -0.05) is 30.8 Å². The van der Waals surface area contributed by atoms with Gasteiger partial charge in [-0.15, -0.1) is 0 Å². The molecule has 0 aliphatic carbocycles. The topological polar surface area (TPSA) is 85.3 Å². The molecule has 2 saturated heterocycles. The van der Waals surface area contributed by atoms with Gasteiger partial charge in [0.25, 0.3) is 0 Å². The predicted molar refractivity (Wildman–Crippen MR) is 153 cm³/mol. The fourth-order valence-corrected chi connectivity index (χ4v) is 6.03. The van der Waals surface area contributed by atoms with Crippen molar-refractivity contribution >= 4 is 28.2 Å². The lowest BCUT2D eigenvalue weighted by atomic mass is 9.99. The minimum absolute atomic E-state index is 0.0576. The third kappa shape index (κ3) is 5.28. The summed E-state index contributed by atoms with van der Waals surface area (Å²) in [5.74, 6) is 1.03. The zero-order valence-corrected chi connectivity index (χ0v) is 22.9. The molecule has 0 bridgehead atoms. The number of piperazine rings is 1. The molecule has 6 rings (SSSR count). The van der Waals surface area contributed by atoms with Gasteiger partial charge >= 0.3 is 6.01 Å². The molecule has 3 aromatic rings. The molecule has 0 unspecified atom stereocenters. The number of alkyl halides is 1. The van der Waals surface area contributed by atoms with Crippen molar-refractivity contribution in [3.63, 3.8) is 0 Å².